The average Bonchev–Trinajstić information content (AvgIpc) is 3.35. The molecule has 13 heteroatoms. The van der Waals surface area contributed by atoms with Crippen LogP contribution in [0, 0.1) is 12.7 Å². The van der Waals surface area contributed by atoms with Crippen molar-refractivity contribution in [1.29, 1.82) is 0 Å². The summed E-state index contributed by atoms with van der Waals surface area (Å²) in [6.45, 7) is 7.91. The van der Waals surface area contributed by atoms with Crippen molar-refractivity contribution in [2.24, 2.45) is 7.05 Å². The Bertz CT molecular complexity index is 1880. The first-order valence-electron chi connectivity index (χ1n) is 17.0. The molecular weight excluding hydrogens is 627 g/mol. The number of fused-ring (bicyclic) bond motifs is 1. The molecule has 0 aromatic carbocycles. The van der Waals surface area contributed by atoms with Crippen molar-refractivity contribution in [3.05, 3.63) is 81.5 Å². The number of halogens is 1. The maximum Gasteiger partial charge on any atom is 0.274 e. The number of aliphatic hydroxyl groups is 1. The van der Waals surface area contributed by atoms with Crippen LogP contribution in [0.1, 0.15) is 35.4 Å². The molecule has 0 bridgehead atoms. The number of piperazine rings is 1. The fraction of sp³-hybridized carbons (Fsp3) is 0.444. The van der Waals surface area contributed by atoms with Gasteiger partial charge in [0.05, 0.1) is 43.4 Å². The molecule has 0 aliphatic carbocycles. The maximum absolute atomic E-state index is 15.0. The van der Waals surface area contributed by atoms with E-state index in [0.717, 1.165) is 82.3 Å². The van der Waals surface area contributed by atoms with E-state index in [1.54, 1.807) is 38.5 Å². The van der Waals surface area contributed by atoms with E-state index in [4.69, 9.17) is 4.74 Å². The highest BCUT2D eigenvalue weighted by Gasteiger charge is 2.29. The molecule has 2 saturated heterocycles. The summed E-state index contributed by atoms with van der Waals surface area (Å²) >= 11 is 0. The Hall–Kier alpha value is -4.59. The first kappa shape index (κ1) is 32.9. The van der Waals surface area contributed by atoms with E-state index in [2.05, 4.69) is 29.7 Å². The molecule has 2 N–H and O–H groups in total. The highest BCUT2D eigenvalue weighted by molar-refractivity contribution is 5.81. The van der Waals surface area contributed by atoms with Gasteiger partial charge in [-0.05, 0) is 56.0 Å². The molecule has 0 spiro atoms. The molecule has 0 atom stereocenters. The van der Waals surface area contributed by atoms with Crippen molar-refractivity contribution in [2.45, 2.75) is 51.8 Å². The zero-order valence-corrected chi connectivity index (χ0v) is 28.1. The summed E-state index contributed by atoms with van der Waals surface area (Å²) in [5.74, 6) is 0.705. The SMILES string of the molecule is Cc1c(F)c2n(c1CCN(C=O)c1nccc(-c3cc(Nc4ccc(N5CCN(C6COC6)CC5)cn4)c(=O)n(C)c3)c1CO)CCCC2. The number of anilines is 4. The van der Waals surface area contributed by atoms with Crippen molar-refractivity contribution in [2.75, 3.05) is 61.1 Å². The summed E-state index contributed by atoms with van der Waals surface area (Å²) in [7, 11) is 1.67. The molecule has 258 valence electrons. The summed E-state index contributed by atoms with van der Waals surface area (Å²) in [6.07, 6.45) is 8.94. The third-order valence-corrected chi connectivity index (χ3v) is 10.2. The van der Waals surface area contributed by atoms with E-state index in [9.17, 15) is 19.1 Å². The van der Waals surface area contributed by atoms with Gasteiger partial charge in [-0.15, -0.1) is 0 Å². The normalized spacial score (nSPS) is 16.7. The number of amides is 1. The third-order valence-electron chi connectivity index (χ3n) is 10.2. The molecule has 4 aromatic rings. The predicted octanol–water partition coefficient (Wildman–Crippen LogP) is 3.39. The highest BCUT2D eigenvalue weighted by Crippen LogP contribution is 2.32. The standard InChI is InChI=1S/C36H43FN8O4/c1-24-31(45-11-4-3-5-32(45)34(24)37)9-12-44(23-47)35-29(20-46)28(8-10-38-35)25-17-30(36(48)41(2)19-25)40-33-7-6-26(18-39-33)42-13-15-43(16-14-42)27-21-49-22-27/h6-8,10,17-19,23,27,46H,3-5,9,11-16,20-22H2,1-2H3,(H,39,40). The van der Waals surface area contributed by atoms with Gasteiger partial charge in [-0.1, -0.05) is 0 Å². The number of hydrogen-bond donors (Lipinski definition) is 2. The molecule has 3 aliphatic heterocycles. The number of carbonyl (C=O) groups excluding carboxylic acids is 1. The lowest BCUT2D eigenvalue weighted by molar-refractivity contribution is -0.107. The number of aromatic nitrogens is 4. The minimum atomic E-state index is -0.381. The smallest absolute Gasteiger partial charge is 0.274 e. The molecule has 0 radical (unpaired) electrons. The second kappa shape index (κ2) is 14.1. The van der Waals surface area contributed by atoms with Crippen molar-refractivity contribution in [3.8, 4) is 11.1 Å². The average molecular weight is 671 g/mol. The van der Waals surface area contributed by atoms with Crippen molar-refractivity contribution < 1.29 is 19.0 Å². The monoisotopic (exact) mass is 670 g/mol. The topological polar surface area (TPSA) is 121 Å². The van der Waals surface area contributed by atoms with Crippen LogP contribution in [-0.2, 0) is 42.6 Å². The number of pyridine rings is 3. The van der Waals surface area contributed by atoms with Crippen LogP contribution in [0.15, 0.2) is 47.7 Å². The van der Waals surface area contributed by atoms with Crippen LogP contribution in [0.25, 0.3) is 11.1 Å². The second-order valence-corrected chi connectivity index (χ2v) is 13.1. The molecule has 7 rings (SSSR count). The second-order valence-electron chi connectivity index (χ2n) is 13.1. The van der Waals surface area contributed by atoms with Gasteiger partial charge >= 0.3 is 0 Å². The van der Waals surface area contributed by atoms with E-state index in [-0.39, 0.29) is 24.5 Å². The summed E-state index contributed by atoms with van der Waals surface area (Å²) in [4.78, 5) is 41.0. The van der Waals surface area contributed by atoms with E-state index in [1.807, 2.05) is 18.3 Å². The molecule has 12 nitrogen and oxygen atoms in total. The van der Waals surface area contributed by atoms with Crippen LogP contribution in [-0.4, -0.2) is 87.5 Å². The number of hydrogen-bond acceptors (Lipinski definition) is 9. The van der Waals surface area contributed by atoms with Crippen LogP contribution in [0.2, 0.25) is 0 Å². The van der Waals surface area contributed by atoms with Crippen molar-refractivity contribution in [1.82, 2.24) is 24.0 Å². The zero-order valence-electron chi connectivity index (χ0n) is 28.1. The summed E-state index contributed by atoms with van der Waals surface area (Å²) < 4.78 is 23.9. The first-order chi connectivity index (χ1) is 23.9. The molecular formula is C36H43FN8O4. The number of carbonyl (C=O) groups is 1. The van der Waals surface area contributed by atoms with Crippen LogP contribution < -0.4 is 20.7 Å². The van der Waals surface area contributed by atoms with Gasteiger partial charge in [-0.2, -0.15) is 0 Å². The zero-order chi connectivity index (χ0) is 34.1. The van der Waals surface area contributed by atoms with Gasteiger partial charge < -0.3 is 29.2 Å². The van der Waals surface area contributed by atoms with Crippen molar-refractivity contribution >= 4 is 29.4 Å². The van der Waals surface area contributed by atoms with E-state index in [1.165, 1.54) is 9.47 Å². The third kappa shape index (κ3) is 6.45. The Morgan fingerprint density at radius 1 is 1.12 bits per heavy atom. The quantitative estimate of drug-likeness (QED) is 0.232. The Kier molecular flexibility index (Phi) is 9.48. The lowest BCUT2D eigenvalue weighted by Crippen LogP contribution is -2.56. The van der Waals surface area contributed by atoms with Gasteiger partial charge in [-0.3, -0.25) is 19.4 Å². The van der Waals surface area contributed by atoms with Crippen LogP contribution in [0.4, 0.5) is 27.4 Å². The Morgan fingerprint density at radius 3 is 2.63 bits per heavy atom. The Balaban J connectivity index is 1.09. The molecule has 3 aliphatic rings. The van der Waals surface area contributed by atoms with Gasteiger partial charge in [0, 0.05) is 87.5 Å². The van der Waals surface area contributed by atoms with Gasteiger partial charge in [0.2, 0.25) is 6.41 Å². The fourth-order valence-electron chi connectivity index (χ4n) is 7.33. The number of rotatable bonds is 11. The lowest BCUT2D eigenvalue weighted by Gasteiger charge is -2.43. The van der Waals surface area contributed by atoms with Gasteiger partial charge in [0.25, 0.3) is 5.56 Å². The lowest BCUT2D eigenvalue weighted by atomic mass is 10.0. The predicted molar refractivity (Wildman–Crippen MR) is 186 cm³/mol. The van der Waals surface area contributed by atoms with Crippen molar-refractivity contribution in [3.63, 3.8) is 0 Å². The number of aliphatic hydroxyl groups excluding tert-OH is 1. The van der Waals surface area contributed by atoms with Gasteiger partial charge in [0.15, 0.2) is 0 Å². The summed E-state index contributed by atoms with van der Waals surface area (Å²) in [5.41, 5.74) is 5.12. The molecule has 0 unspecified atom stereocenters. The fourth-order valence-corrected chi connectivity index (χ4v) is 7.33. The number of nitrogens with zero attached hydrogens (tertiary/aromatic N) is 7. The Labute approximate surface area is 284 Å². The largest absolute Gasteiger partial charge is 0.392 e. The number of aryl methyl sites for hydroxylation is 1. The molecule has 7 heterocycles. The molecule has 0 saturated carbocycles. The van der Waals surface area contributed by atoms with E-state index in [0.29, 0.717) is 58.4 Å². The Morgan fingerprint density at radius 2 is 1.94 bits per heavy atom. The highest BCUT2D eigenvalue weighted by atomic mass is 19.1. The van der Waals surface area contributed by atoms with Crippen LogP contribution in [0.5, 0.6) is 0 Å². The summed E-state index contributed by atoms with van der Waals surface area (Å²) in [5, 5.41) is 13.8. The molecule has 4 aromatic heterocycles. The van der Waals surface area contributed by atoms with Gasteiger partial charge in [0.1, 0.15) is 23.1 Å². The first-order valence-corrected chi connectivity index (χ1v) is 17.0. The van der Waals surface area contributed by atoms with Gasteiger partial charge in [-0.25, -0.2) is 14.4 Å². The molecule has 1 amide bonds. The van der Waals surface area contributed by atoms with E-state index >= 15 is 0 Å². The summed E-state index contributed by atoms with van der Waals surface area (Å²) in [6, 6.07) is 7.91. The van der Waals surface area contributed by atoms with E-state index < -0.39 is 0 Å². The molecule has 2 fully saturated rings. The minimum absolute atomic E-state index is 0.150. The molecule has 49 heavy (non-hydrogen) atoms. The number of ether oxygens (including phenoxy) is 1. The van der Waals surface area contributed by atoms with Crippen LogP contribution in [0.3, 0.4) is 0 Å². The number of nitrogens with one attached hydrogen (secondary N) is 1. The minimum Gasteiger partial charge on any atom is -0.392 e. The maximum atomic E-state index is 15.0. The van der Waals surface area contributed by atoms with Crippen LogP contribution >= 0.6 is 0 Å².